The van der Waals surface area contributed by atoms with Crippen molar-refractivity contribution in [1.82, 2.24) is 0 Å². The standard InChI is InChI=1S/C17H26O4/c1-9-6-13-15(20-13)8-11(9)16(18)21-17(2,3)10-4-5-12-14(7-10)19-12/h9-15H,4-8H2,1-3H3. The van der Waals surface area contributed by atoms with E-state index < -0.39 is 0 Å². The van der Waals surface area contributed by atoms with Gasteiger partial charge >= 0.3 is 5.97 Å². The highest BCUT2D eigenvalue weighted by Crippen LogP contribution is 2.46. The Morgan fingerprint density at radius 1 is 1.00 bits per heavy atom. The number of hydrogen-bond acceptors (Lipinski definition) is 4. The molecule has 4 heteroatoms. The number of carbonyl (C=O) groups excluding carboxylic acids is 1. The summed E-state index contributed by atoms with van der Waals surface area (Å²) in [5.74, 6) is 0.801. The predicted molar refractivity (Wildman–Crippen MR) is 76.7 cm³/mol. The molecule has 4 nitrogen and oxygen atoms in total. The van der Waals surface area contributed by atoms with Crippen LogP contribution >= 0.6 is 0 Å². The Balaban J connectivity index is 1.38. The van der Waals surface area contributed by atoms with Crippen LogP contribution in [-0.2, 0) is 19.0 Å². The van der Waals surface area contributed by atoms with Gasteiger partial charge in [0, 0.05) is 5.92 Å². The fraction of sp³-hybridized carbons (Fsp3) is 0.941. The number of epoxide rings is 2. The van der Waals surface area contributed by atoms with Crippen LogP contribution in [0.15, 0.2) is 0 Å². The van der Waals surface area contributed by atoms with E-state index >= 15 is 0 Å². The van der Waals surface area contributed by atoms with Gasteiger partial charge in [-0.2, -0.15) is 0 Å². The largest absolute Gasteiger partial charge is 0.459 e. The van der Waals surface area contributed by atoms with Crippen molar-refractivity contribution in [3.8, 4) is 0 Å². The molecule has 4 fully saturated rings. The van der Waals surface area contributed by atoms with E-state index in [4.69, 9.17) is 14.2 Å². The van der Waals surface area contributed by atoms with Gasteiger partial charge in [0.15, 0.2) is 0 Å². The topological polar surface area (TPSA) is 51.4 Å². The molecule has 0 spiro atoms. The summed E-state index contributed by atoms with van der Waals surface area (Å²) in [5.41, 5.74) is -0.380. The lowest BCUT2D eigenvalue weighted by Crippen LogP contribution is -2.42. The summed E-state index contributed by atoms with van der Waals surface area (Å²) >= 11 is 0. The lowest BCUT2D eigenvalue weighted by atomic mass is 9.78. The number of esters is 1. The van der Waals surface area contributed by atoms with E-state index in [2.05, 4.69) is 20.8 Å². The molecule has 0 aromatic rings. The van der Waals surface area contributed by atoms with E-state index in [0.717, 1.165) is 32.1 Å². The third kappa shape index (κ3) is 2.61. The average molecular weight is 294 g/mol. The van der Waals surface area contributed by atoms with Gasteiger partial charge in [0.1, 0.15) is 5.60 Å². The van der Waals surface area contributed by atoms with E-state index in [1.165, 1.54) is 0 Å². The van der Waals surface area contributed by atoms with Crippen LogP contribution in [0.5, 0.6) is 0 Å². The summed E-state index contributed by atoms with van der Waals surface area (Å²) in [5, 5.41) is 0. The molecule has 2 saturated heterocycles. The van der Waals surface area contributed by atoms with Gasteiger partial charge in [0.2, 0.25) is 0 Å². The number of fused-ring (bicyclic) bond motifs is 2. The molecular formula is C17H26O4. The Bertz CT molecular complexity index is 446. The Kier molecular flexibility index (Phi) is 3.13. The van der Waals surface area contributed by atoms with Crippen molar-refractivity contribution in [1.29, 1.82) is 0 Å². The summed E-state index contributed by atoms with van der Waals surface area (Å²) in [6.07, 6.45) is 6.77. The first-order chi connectivity index (χ1) is 9.94. The van der Waals surface area contributed by atoms with Crippen molar-refractivity contribution in [3.63, 3.8) is 0 Å². The summed E-state index contributed by atoms with van der Waals surface area (Å²) in [6, 6.07) is 0. The fourth-order valence-corrected chi connectivity index (χ4v) is 4.39. The van der Waals surface area contributed by atoms with Crippen LogP contribution in [-0.4, -0.2) is 36.0 Å². The first-order valence-corrected chi connectivity index (χ1v) is 8.48. The maximum atomic E-state index is 12.6. The Morgan fingerprint density at radius 3 is 2.43 bits per heavy atom. The minimum Gasteiger partial charge on any atom is -0.459 e. The molecule has 21 heavy (non-hydrogen) atoms. The van der Waals surface area contributed by atoms with Crippen molar-refractivity contribution in [2.75, 3.05) is 0 Å². The fourth-order valence-electron chi connectivity index (χ4n) is 4.39. The maximum absolute atomic E-state index is 12.6. The SMILES string of the molecule is CC1CC2OC2CC1C(=O)OC(C)(C)C1CCC2OC2C1. The second-order valence-electron chi connectivity index (χ2n) is 8.02. The predicted octanol–water partition coefficient (Wildman–Crippen LogP) is 2.69. The maximum Gasteiger partial charge on any atom is 0.309 e. The molecule has 118 valence electrons. The van der Waals surface area contributed by atoms with Gasteiger partial charge in [-0.15, -0.1) is 0 Å². The average Bonchev–Trinajstić information content (AvgIpc) is 3.30. The van der Waals surface area contributed by atoms with Crippen LogP contribution in [0, 0.1) is 17.8 Å². The highest BCUT2D eigenvalue weighted by molar-refractivity contribution is 5.73. The quantitative estimate of drug-likeness (QED) is 0.593. The van der Waals surface area contributed by atoms with Gasteiger partial charge in [-0.3, -0.25) is 4.79 Å². The molecule has 0 aromatic carbocycles. The van der Waals surface area contributed by atoms with Gasteiger partial charge in [-0.1, -0.05) is 6.92 Å². The minimum absolute atomic E-state index is 0.0136. The van der Waals surface area contributed by atoms with Gasteiger partial charge in [0.05, 0.1) is 30.3 Å². The van der Waals surface area contributed by atoms with Gasteiger partial charge in [0.25, 0.3) is 0 Å². The molecule has 0 N–H and O–H groups in total. The molecule has 7 atom stereocenters. The minimum atomic E-state index is -0.380. The highest BCUT2D eigenvalue weighted by atomic mass is 16.6. The Morgan fingerprint density at radius 2 is 1.67 bits per heavy atom. The number of hydrogen-bond donors (Lipinski definition) is 0. The van der Waals surface area contributed by atoms with Crippen LogP contribution < -0.4 is 0 Å². The monoisotopic (exact) mass is 294 g/mol. The summed E-state index contributed by atoms with van der Waals surface area (Å²) in [6.45, 7) is 6.30. The van der Waals surface area contributed by atoms with E-state index in [0.29, 0.717) is 36.3 Å². The van der Waals surface area contributed by atoms with Crippen molar-refractivity contribution in [2.24, 2.45) is 17.8 Å². The molecule has 0 bridgehead atoms. The molecule has 0 amide bonds. The molecule has 0 radical (unpaired) electrons. The normalized spacial score (nSPS) is 48.0. The van der Waals surface area contributed by atoms with Crippen LogP contribution in [0.3, 0.4) is 0 Å². The number of rotatable bonds is 3. The molecule has 4 aliphatic rings. The first-order valence-electron chi connectivity index (χ1n) is 8.48. The van der Waals surface area contributed by atoms with E-state index in [1.807, 2.05) is 0 Å². The molecule has 2 aliphatic carbocycles. The second-order valence-corrected chi connectivity index (χ2v) is 8.02. The third-order valence-corrected chi connectivity index (χ3v) is 6.12. The summed E-state index contributed by atoms with van der Waals surface area (Å²) in [4.78, 5) is 12.6. The molecule has 2 heterocycles. The lowest BCUT2D eigenvalue weighted by Gasteiger charge is -2.37. The van der Waals surface area contributed by atoms with Gasteiger partial charge < -0.3 is 14.2 Å². The molecule has 2 aliphatic heterocycles. The molecule has 4 rings (SSSR count). The molecule has 7 unspecified atom stereocenters. The third-order valence-electron chi connectivity index (χ3n) is 6.12. The zero-order valence-corrected chi connectivity index (χ0v) is 13.2. The van der Waals surface area contributed by atoms with Crippen molar-refractivity contribution < 1.29 is 19.0 Å². The molecule has 2 saturated carbocycles. The Hall–Kier alpha value is -0.610. The molecular weight excluding hydrogens is 268 g/mol. The van der Waals surface area contributed by atoms with Crippen LogP contribution in [0.4, 0.5) is 0 Å². The summed E-state index contributed by atoms with van der Waals surface area (Å²) < 4.78 is 17.1. The van der Waals surface area contributed by atoms with Crippen molar-refractivity contribution in [2.45, 2.75) is 82.9 Å². The van der Waals surface area contributed by atoms with E-state index in [-0.39, 0.29) is 17.5 Å². The van der Waals surface area contributed by atoms with Crippen molar-refractivity contribution >= 4 is 5.97 Å². The first kappa shape index (κ1) is 14.0. The van der Waals surface area contributed by atoms with E-state index in [9.17, 15) is 4.79 Å². The van der Waals surface area contributed by atoms with E-state index in [1.54, 1.807) is 0 Å². The summed E-state index contributed by atoms with van der Waals surface area (Å²) in [7, 11) is 0. The van der Waals surface area contributed by atoms with Crippen molar-refractivity contribution in [3.05, 3.63) is 0 Å². The van der Waals surface area contributed by atoms with Gasteiger partial charge in [-0.25, -0.2) is 0 Å². The highest BCUT2D eigenvalue weighted by Gasteiger charge is 2.52. The van der Waals surface area contributed by atoms with Crippen LogP contribution in [0.2, 0.25) is 0 Å². The number of ether oxygens (including phenoxy) is 3. The lowest BCUT2D eigenvalue weighted by molar-refractivity contribution is -0.170. The zero-order chi connectivity index (χ0) is 14.8. The molecule has 0 aromatic heterocycles. The smallest absolute Gasteiger partial charge is 0.309 e. The van der Waals surface area contributed by atoms with Crippen LogP contribution in [0.1, 0.15) is 52.9 Å². The number of carbonyl (C=O) groups is 1. The van der Waals surface area contributed by atoms with Gasteiger partial charge in [-0.05, 0) is 51.9 Å². The Labute approximate surface area is 126 Å². The zero-order valence-electron chi connectivity index (χ0n) is 13.2. The van der Waals surface area contributed by atoms with Crippen LogP contribution in [0.25, 0.3) is 0 Å². The second kappa shape index (κ2) is 4.69.